The third kappa shape index (κ3) is 3.85. The van der Waals surface area contributed by atoms with E-state index in [0.29, 0.717) is 0 Å². The van der Waals surface area contributed by atoms with Crippen molar-refractivity contribution in [3.05, 3.63) is 18.1 Å². The summed E-state index contributed by atoms with van der Waals surface area (Å²) >= 11 is 0. The number of aryl methyl sites for hydroxylation is 1. The molecule has 0 saturated carbocycles. The fourth-order valence-electron chi connectivity index (χ4n) is 1.01. The minimum Gasteiger partial charge on any atom is -0.369 e. The van der Waals surface area contributed by atoms with Crippen LogP contribution in [0.4, 0.5) is 5.82 Å². The predicted octanol–water partition coefficient (Wildman–Crippen LogP) is 0.806. The summed E-state index contributed by atoms with van der Waals surface area (Å²) in [5, 5.41) is 6.43. The average Bonchev–Trinajstić information content (AvgIpc) is 2.13. The number of nitrogens with one attached hydrogen (secondary N) is 2. The van der Waals surface area contributed by atoms with Crippen molar-refractivity contribution in [3.63, 3.8) is 0 Å². The van der Waals surface area contributed by atoms with E-state index in [9.17, 15) is 0 Å². The summed E-state index contributed by atoms with van der Waals surface area (Å²) in [5.74, 6) is 1.69. The molecule has 0 radical (unpaired) electrons. The fraction of sp³-hybridized carbons (Fsp3) is 0.556. The summed E-state index contributed by atoms with van der Waals surface area (Å²) in [7, 11) is 0. The van der Waals surface area contributed by atoms with Crippen LogP contribution in [-0.2, 0) is 0 Å². The van der Waals surface area contributed by atoms with E-state index in [1.54, 1.807) is 6.20 Å². The summed E-state index contributed by atoms with van der Waals surface area (Å²) in [5.41, 5.74) is 0. The van der Waals surface area contributed by atoms with Crippen LogP contribution in [0.1, 0.15) is 12.7 Å². The molecule has 0 aliphatic rings. The number of likely N-dealkylation sites (N-methyl/N-ethyl adjacent to an activating group) is 1. The predicted molar refractivity (Wildman–Crippen MR) is 53.8 cm³/mol. The minimum atomic E-state index is 0.799. The van der Waals surface area contributed by atoms with E-state index in [0.717, 1.165) is 31.3 Å². The standard InChI is InChI=1S/C9H16N4/c1-3-10-6-7-12-9-4-5-11-8(2)13-9/h4-5,10H,3,6-7H2,1-2H3,(H,11,12,13). The number of rotatable bonds is 5. The van der Waals surface area contributed by atoms with Gasteiger partial charge in [0.05, 0.1) is 0 Å². The van der Waals surface area contributed by atoms with Crippen molar-refractivity contribution in [2.75, 3.05) is 25.0 Å². The molecule has 1 aromatic rings. The topological polar surface area (TPSA) is 49.8 Å². The zero-order valence-corrected chi connectivity index (χ0v) is 8.17. The van der Waals surface area contributed by atoms with Gasteiger partial charge in [-0.3, -0.25) is 0 Å². The molecule has 0 unspecified atom stereocenters. The molecule has 0 amide bonds. The van der Waals surface area contributed by atoms with Gasteiger partial charge in [-0.05, 0) is 19.5 Å². The Balaban J connectivity index is 2.28. The molecule has 0 aliphatic heterocycles. The quantitative estimate of drug-likeness (QED) is 0.658. The van der Waals surface area contributed by atoms with Gasteiger partial charge in [0.15, 0.2) is 0 Å². The maximum Gasteiger partial charge on any atom is 0.129 e. The molecule has 0 aromatic carbocycles. The van der Waals surface area contributed by atoms with E-state index in [1.165, 1.54) is 0 Å². The summed E-state index contributed by atoms with van der Waals surface area (Å²) in [4.78, 5) is 8.24. The summed E-state index contributed by atoms with van der Waals surface area (Å²) in [6, 6.07) is 1.87. The number of hydrogen-bond donors (Lipinski definition) is 2. The van der Waals surface area contributed by atoms with Crippen molar-refractivity contribution in [3.8, 4) is 0 Å². The van der Waals surface area contributed by atoms with Gasteiger partial charge in [-0.1, -0.05) is 6.92 Å². The van der Waals surface area contributed by atoms with Crippen molar-refractivity contribution in [1.82, 2.24) is 15.3 Å². The highest BCUT2D eigenvalue weighted by Gasteiger charge is 1.92. The lowest BCUT2D eigenvalue weighted by atomic mass is 10.5. The van der Waals surface area contributed by atoms with Crippen LogP contribution in [-0.4, -0.2) is 29.6 Å². The second-order valence-corrected chi connectivity index (χ2v) is 2.77. The molecule has 1 heterocycles. The molecule has 0 aliphatic carbocycles. The Kier molecular flexibility index (Phi) is 4.18. The fourth-order valence-corrected chi connectivity index (χ4v) is 1.01. The second-order valence-electron chi connectivity index (χ2n) is 2.77. The van der Waals surface area contributed by atoms with Gasteiger partial charge >= 0.3 is 0 Å². The number of aromatic nitrogens is 2. The molecule has 13 heavy (non-hydrogen) atoms. The van der Waals surface area contributed by atoms with E-state index in [4.69, 9.17) is 0 Å². The zero-order valence-electron chi connectivity index (χ0n) is 8.17. The Morgan fingerprint density at radius 2 is 2.23 bits per heavy atom. The molecule has 72 valence electrons. The van der Waals surface area contributed by atoms with Gasteiger partial charge < -0.3 is 10.6 Å². The number of anilines is 1. The number of hydrogen-bond acceptors (Lipinski definition) is 4. The van der Waals surface area contributed by atoms with E-state index in [-0.39, 0.29) is 0 Å². The summed E-state index contributed by atoms with van der Waals surface area (Å²) in [6.07, 6.45) is 1.76. The van der Waals surface area contributed by atoms with Crippen molar-refractivity contribution in [1.29, 1.82) is 0 Å². The highest BCUT2D eigenvalue weighted by atomic mass is 15.0. The lowest BCUT2D eigenvalue weighted by molar-refractivity contribution is 0.737. The Bertz CT molecular complexity index is 249. The highest BCUT2D eigenvalue weighted by Crippen LogP contribution is 1.99. The van der Waals surface area contributed by atoms with Crippen LogP contribution in [0.3, 0.4) is 0 Å². The molecule has 0 atom stereocenters. The normalized spacial score (nSPS) is 10.0. The zero-order chi connectivity index (χ0) is 9.52. The van der Waals surface area contributed by atoms with Crippen LogP contribution in [0.5, 0.6) is 0 Å². The maximum absolute atomic E-state index is 4.22. The van der Waals surface area contributed by atoms with E-state index in [1.807, 2.05) is 13.0 Å². The smallest absolute Gasteiger partial charge is 0.129 e. The van der Waals surface area contributed by atoms with Crippen LogP contribution >= 0.6 is 0 Å². The van der Waals surface area contributed by atoms with Gasteiger partial charge in [-0.25, -0.2) is 9.97 Å². The lowest BCUT2D eigenvalue weighted by Gasteiger charge is -2.05. The molecule has 4 nitrogen and oxygen atoms in total. The second kappa shape index (κ2) is 5.48. The first-order valence-electron chi connectivity index (χ1n) is 4.57. The van der Waals surface area contributed by atoms with Crippen molar-refractivity contribution < 1.29 is 0 Å². The van der Waals surface area contributed by atoms with Gasteiger partial charge in [-0.2, -0.15) is 0 Å². The molecular formula is C9H16N4. The Morgan fingerprint density at radius 3 is 2.92 bits per heavy atom. The number of nitrogens with zero attached hydrogens (tertiary/aromatic N) is 2. The molecule has 0 spiro atoms. The van der Waals surface area contributed by atoms with Gasteiger partial charge in [0, 0.05) is 19.3 Å². The van der Waals surface area contributed by atoms with Crippen molar-refractivity contribution >= 4 is 5.82 Å². The summed E-state index contributed by atoms with van der Waals surface area (Å²) < 4.78 is 0. The van der Waals surface area contributed by atoms with Crippen LogP contribution in [0.15, 0.2) is 12.3 Å². The first kappa shape index (κ1) is 9.92. The molecule has 4 heteroatoms. The minimum absolute atomic E-state index is 0.799. The molecule has 0 fully saturated rings. The van der Waals surface area contributed by atoms with Crippen LogP contribution in [0.25, 0.3) is 0 Å². The molecule has 1 rings (SSSR count). The third-order valence-electron chi connectivity index (χ3n) is 1.63. The molecular weight excluding hydrogens is 164 g/mol. The van der Waals surface area contributed by atoms with E-state index < -0.39 is 0 Å². The van der Waals surface area contributed by atoms with E-state index >= 15 is 0 Å². The monoisotopic (exact) mass is 180 g/mol. The van der Waals surface area contributed by atoms with Gasteiger partial charge in [0.1, 0.15) is 11.6 Å². The van der Waals surface area contributed by atoms with Gasteiger partial charge in [0.25, 0.3) is 0 Å². The Morgan fingerprint density at radius 1 is 1.38 bits per heavy atom. The largest absolute Gasteiger partial charge is 0.369 e. The SMILES string of the molecule is CCNCCNc1ccnc(C)n1. The van der Waals surface area contributed by atoms with Crippen molar-refractivity contribution in [2.45, 2.75) is 13.8 Å². The molecule has 2 N–H and O–H groups in total. The average molecular weight is 180 g/mol. The molecule has 1 aromatic heterocycles. The first-order chi connectivity index (χ1) is 6.33. The molecule has 0 saturated heterocycles. The first-order valence-corrected chi connectivity index (χ1v) is 4.57. The Labute approximate surface area is 78.8 Å². The Hall–Kier alpha value is -1.16. The van der Waals surface area contributed by atoms with Crippen LogP contribution in [0, 0.1) is 6.92 Å². The van der Waals surface area contributed by atoms with Gasteiger partial charge in [-0.15, -0.1) is 0 Å². The maximum atomic E-state index is 4.22. The van der Waals surface area contributed by atoms with Gasteiger partial charge in [0.2, 0.25) is 0 Å². The van der Waals surface area contributed by atoms with Crippen molar-refractivity contribution in [2.24, 2.45) is 0 Å². The summed E-state index contributed by atoms with van der Waals surface area (Å²) in [6.45, 7) is 6.83. The van der Waals surface area contributed by atoms with E-state index in [2.05, 4.69) is 27.5 Å². The highest BCUT2D eigenvalue weighted by molar-refractivity contribution is 5.32. The third-order valence-corrected chi connectivity index (χ3v) is 1.63. The molecule has 0 bridgehead atoms. The van der Waals surface area contributed by atoms with Crippen LogP contribution < -0.4 is 10.6 Å². The lowest BCUT2D eigenvalue weighted by Crippen LogP contribution is -2.21. The van der Waals surface area contributed by atoms with Crippen LogP contribution in [0.2, 0.25) is 0 Å².